The van der Waals surface area contributed by atoms with E-state index in [1.165, 1.54) is 7.11 Å². The molecule has 0 fully saturated rings. The van der Waals surface area contributed by atoms with Gasteiger partial charge in [-0.1, -0.05) is 6.07 Å². The van der Waals surface area contributed by atoms with E-state index in [2.05, 4.69) is 10.4 Å². The fraction of sp³-hybridized carbons (Fsp3) is 0.158. The molecule has 1 heterocycles. The van der Waals surface area contributed by atoms with Crippen molar-refractivity contribution in [3.63, 3.8) is 0 Å². The van der Waals surface area contributed by atoms with E-state index >= 15 is 0 Å². The molecule has 1 amide bonds. The normalized spacial score (nSPS) is 10.5. The molecule has 0 bridgehead atoms. The number of carbonyl (C=O) groups is 1. The molecule has 0 unspecified atom stereocenters. The first-order valence-electron chi connectivity index (χ1n) is 7.82. The van der Waals surface area contributed by atoms with Gasteiger partial charge in [0.1, 0.15) is 0 Å². The molecule has 0 spiro atoms. The van der Waals surface area contributed by atoms with Crippen molar-refractivity contribution in [3.05, 3.63) is 71.5 Å². The standard InChI is InChI=1S/C19H19N3O3/c1-13-10-21-22(12-13)16-6-4-15(5-7-16)19(24)20-11-14-3-8-17(23)18(9-14)25-2/h3-10,12,23H,11H2,1-2H3,(H,20,24). The third-order valence-corrected chi connectivity index (χ3v) is 3.80. The highest BCUT2D eigenvalue weighted by Crippen LogP contribution is 2.26. The summed E-state index contributed by atoms with van der Waals surface area (Å²) in [6.45, 7) is 2.32. The maximum absolute atomic E-state index is 12.3. The van der Waals surface area contributed by atoms with Gasteiger partial charge < -0.3 is 15.2 Å². The van der Waals surface area contributed by atoms with E-state index in [1.54, 1.807) is 41.2 Å². The van der Waals surface area contributed by atoms with Gasteiger partial charge in [0, 0.05) is 18.3 Å². The molecule has 0 radical (unpaired) electrons. The number of methoxy groups -OCH3 is 1. The Balaban J connectivity index is 1.65. The van der Waals surface area contributed by atoms with E-state index in [4.69, 9.17) is 4.74 Å². The Bertz CT molecular complexity index is 885. The van der Waals surface area contributed by atoms with Crippen LogP contribution in [0.4, 0.5) is 0 Å². The number of hydrogen-bond donors (Lipinski definition) is 2. The van der Waals surface area contributed by atoms with Crippen LogP contribution < -0.4 is 10.1 Å². The van der Waals surface area contributed by atoms with Gasteiger partial charge in [-0.15, -0.1) is 0 Å². The number of aromatic hydroxyl groups is 1. The first-order chi connectivity index (χ1) is 12.1. The van der Waals surface area contributed by atoms with Gasteiger partial charge in [0.05, 0.1) is 19.0 Å². The zero-order valence-corrected chi connectivity index (χ0v) is 14.1. The molecule has 0 atom stereocenters. The van der Waals surface area contributed by atoms with Crippen LogP contribution in [0.15, 0.2) is 54.9 Å². The first kappa shape index (κ1) is 16.6. The van der Waals surface area contributed by atoms with Gasteiger partial charge in [0.25, 0.3) is 5.91 Å². The van der Waals surface area contributed by atoms with Crippen molar-refractivity contribution in [1.29, 1.82) is 0 Å². The molecule has 2 N–H and O–H groups in total. The van der Waals surface area contributed by atoms with Crippen LogP contribution in [0, 0.1) is 6.92 Å². The maximum Gasteiger partial charge on any atom is 0.251 e. The maximum atomic E-state index is 12.3. The second-order valence-corrected chi connectivity index (χ2v) is 5.70. The highest BCUT2D eigenvalue weighted by Gasteiger charge is 2.08. The van der Waals surface area contributed by atoms with Crippen molar-refractivity contribution in [2.45, 2.75) is 13.5 Å². The number of ether oxygens (including phenoxy) is 1. The van der Waals surface area contributed by atoms with Crippen molar-refractivity contribution >= 4 is 5.91 Å². The third-order valence-electron chi connectivity index (χ3n) is 3.80. The number of nitrogens with zero attached hydrogens (tertiary/aromatic N) is 2. The predicted octanol–water partition coefficient (Wildman–Crippen LogP) is 2.82. The lowest BCUT2D eigenvalue weighted by atomic mass is 10.1. The molecular weight excluding hydrogens is 318 g/mol. The van der Waals surface area contributed by atoms with Crippen molar-refractivity contribution in [3.8, 4) is 17.2 Å². The minimum Gasteiger partial charge on any atom is -0.504 e. The van der Waals surface area contributed by atoms with Crippen LogP contribution in [-0.2, 0) is 6.54 Å². The summed E-state index contributed by atoms with van der Waals surface area (Å²) in [6, 6.07) is 12.2. The molecule has 1 aromatic heterocycles. The van der Waals surface area contributed by atoms with Gasteiger partial charge in [-0.25, -0.2) is 4.68 Å². The summed E-state index contributed by atoms with van der Waals surface area (Å²) in [4.78, 5) is 12.3. The number of aromatic nitrogens is 2. The van der Waals surface area contributed by atoms with Crippen LogP contribution >= 0.6 is 0 Å². The van der Waals surface area contributed by atoms with Gasteiger partial charge in [0.2, 0.25) is 0 Å². The quantitative estimate of drug-likeness (QED) is 0.750. The van der Waals surface area contributed by atoms with Gasteiger partial charge in [-0.05, 0) is 54.4 Å². The van der Waals surface area contributed by atoms with Crippen molar-refractivity contribution in [2.75, 3.05) is 7.11 Å². The molecule has 0 saturated heterocycles. The average Bonchev–Trinajstić information content (AvgIpc) is 3.07. The summed E-state index contributed by atoms with van der Waals surface area (Å²) in [7, 11) is 1.49. The Morgan fingerprint density at radius 2 is 2.00 bits per heavy atom. The van der Waals surface area contributed by atoms with Gasteiger partial charge in [-0.2, -0.15) is 5.10 Å². The topological polar surface area (TPSA) is 76.4 Å². The van der Waals surface area contributed by atoms with E-state index in [0.717, 1.165) is 16.8 Å². The molecule has 3 aromatic rings. The fourth-order valence-corrected chi connectivity index (χ4v) is 2.44. The summed E-state index contributed by atoms with van der Waals surface area (Å²) in [6.07, 6.45) is 3.71. The number of amides is 1. The minimum absolute atomic E-state index is 0.0713. The number of hydrogen-bond acceptors (Lipinski definition) is 4. The lowest BCUT2D eigenvalue weighted by Crippen LogP contribution is -2.22. The fourth-order valence-electron chi connectivity index (χ4n) is 2.44. The van der Waals surface area contributed by atoms with Gasteiger partial charge in [-0.3, -0.25) is 4.79 Å². The Labute approximate surface area is 145 Å². The van der Waals surface area contributed by atoms with E-state index in [1.807, 2.05) is 25.3 Å². The molecule has 0 saturated carbocycles. The number of rotatable bonds is 5. The van der Waals surface area contributed by atoms with Crippen molar-refractivity contribution in [1.82, 2.24) is 15.1 Å². The van der Waals surface area contributed by atoms with Crippen LogP contribution in [0.2, 0.25) is 0 Å². The van der Waals surface area contributed by atoms with Crippen LogP contribution in [0.1, 0.15) is 21.5 Å². The molecule has 0 aliphatic rings. The Kier molecular flexibility index (Phi) is 4.70. The second-order valence-electron chi connectivity index (χ2n) is 5.70. The lowest BCUT2D eigenvalue weighted by Gasteiger charge is -2.09. The Hall–Kier alpha value is -3.28. The lowest BCUT2D eigenvalue weighted by molar-refractivity contribution is 0.0951. The number of benzene rings is 2. The average molecular weight is 337 g/mol. The smallest absolute Gasteiger partial charge is 0.251 e. The number of phenols is 1. The van der Waals surface area contributed by atoms with Crippen LogP contribution in [0.25, 0.3) is 5.69 Å². The number of carbonyl (C=O) groups excluding carboxylic acids is 1. The molecule has 128 valence electrons. The molecular formula is C19H19N3O3. The number of aryl methyl sites for hydroxylation is 1. The monoisotopic (exact) mass is 337 g/mol. The van der Waals surface area contributed by atoms with Crippen molar-refractivity contribution in [2.24, 2.45) is 0 Å². The SMILES string of the molecule is COc1cc(CNC(=O)c2ccc(-n3cc(C)cn3)cc2)ccc1O. The highest BCUT2D eigenvalue weighted by atomic mass is 16.5. The molecule has 2 aromatic carbocycles. The first-order valence-corrected chi connectivity index (χ1v) is 7.82. The molecule has 6 nitrogen and oxygen atoms in total. The van der Waals surface area contributed by atoms with Crippen LogP contribution in [0.3, 0.4) is 0 Å². The predicted molar refractivity (Wildman–Crippen MR) is 94.1 cm³/mol. The molecule has 3 rings (SSSR count). The van der Waals surface area contributed by atoms with Crippen LogP contribution in [-0.4, -0.2) is 27.9 Å². The summed E-state index contributed by atoms with van der Waals surface area (Å²) >= 11 is 0. The second kappa shape index (κ2) is 7.09. The zero-order valence-electron chi connectivity index (χ0n) is 14.1. The molecule has 6 heteroatoms. The van der Waals surface area contributed by atoms with Crippen molar-refractivity contribution < 1.29 is 14.6 Å². The summed E-state index contributed by atoms with van der Waals surface area (Å²) in [5, 5.41) is 16.7. The molecule has 25 heavy (non-hydrogen) atoms. The van der Waals surface area contributed by atoms with E-state index in [9.17, 15) is 9.90 Å². The summed E-state index contributed by atoms with van der Waals surface area (Å²) in [5.41, 5.74) is 3.38. The summed E-state index contributed by atoms with van der Waals surface area (Å²) < 4.78 is 6.83. The van der Waals surface area contributed by atoms with Gasteiger partial charge in [0.15, 0.2) is 11.5 Å². The largest absolute Gasteiger partial charge is 0.504 e. The summed E-state index contributed by atoms with van der Waals surface area (Å²) in [5.74, 6) is 0.280. The number of nitrogens with one attached hydrogen (secondary N) is 1. The van der Waals surface area contributed by atoms with E-state index in [0.29, 0.717) is 17.9 Å². The minimum atomic E-state index is -0.171. The zero-order chi connectivity index (χ0) is 17.8. The highest BCUT2D eigenvalue weighted by molar-refractivity contribution is 5.94. The Morgan fingerprint density at radius 3 is 2.64 bits per heavy atom. The van der Waals surface area contributed by atoms with Crippen LogP contribution in [0.5, 0.6) is 11.5 Å². The molecule has 0 aliphatic heterocycles. The third kappa shape index (κ3) is 3.80. The molecule has 0 aliphatic carbocycles. The number of phenolic OH excluding ortho intramolecular Hbond substituents is 1. The Morgan fingerprint density at radius 1 is 1.24 bits per heavy atom. The van der Waals surface area contributed by atoms with Gasteiger partial charge >= 0.3 is 0 Å². The van der Waals surface area contributed by atoms with E-state index < -0.39 is 0 Å². The van der Waals surface area contributed by atoms with E-state index in [-0.39, 0.29) is 11.7 Å².